The molecule has 4 saturated carbocycles. The molecular weight excluding hydrogens is 584 g/mol. The molecule has 5 aliphatic rings. The van der Waals surface area contributed by atoms with Gasteiger partial charge in [-0.05, 0) is 92.2 Å². The lowest BCUT2D eigenvalue weighted by Crippen LogP contribution is -2.47. The Labute approximate surface area is 278 Å². The Morgan fingerprint density at radius 1 is 0.894 bits per heavy atom. The van der Waals surface area contributed by atoms with Crippen molar-refractivity contribution in [3.05, 3.63) is 71.9 Å². The van der Waals surface area contributed by atoms with Gasteiger partial charge in [0, 0.05) is 62.9 Å². The SMILES string of the molecule is Cc1nn2c(N3CCN(CCO)CC3)cc(-c3cccc(CCNC(=O)CC4C5CC6CC(C5)CC4C6)c3)nc2c1-c1ccccc1. The zero-order valence-corrected chi connectivity index (χ0v) is 27.7. The van der Waals surface area contributed by atoms with E-state index in [1.54, 1.807) is 0 Å². The van der Waals surface area contributed by atoms with Crippen LogP contribution in [0.3, 0.4) is 0 Å². The summed E-state index contributed by atoms with van der Waals surface area (Å²) in [4.78, 5) is 23.0. The highest BCUT2D eigenvalue weighted by Crippen LogP contribution is 2.57. The number of aliphatic hydroxyl groups excluding tert-OH is 1. The van der Waals surface area contributed by atoms with Gasteiger partial charge in [-0.2, -0.15) is 9.61 Å². The van der Waals surface area contributed by atoms with Gasteiger partial charge in [-0.25, -0.2) is 4.98 Å². The Hall–Kier alpha value is -3.75. The molecule has 0 spiro atoms. The summed E-state index contributed by atoms with van der Waals surface area (Å²) in [7, 11) is 0. The van der Waals surface area contributed by atoms with E-state index >= 15 is 0 Å². The van der Waals surface area contributed by atoms with Crippen molar-refractivity contribution in [1.29, 1.82) is 0 Å². The second-order valence-corrected chi connectivity index (χ2v) is 14.7. The lowest BCUT2D eigenvalue weighted by molar-refractivity contribution is -0.126. The first kappa shape index (κ1) is 30.6. The highest BCUT2D eigenvalue weighted by Gasteiger charge is 2.48. The number of carbonyl (C=O) groups is 1. The average Bonchev–Trinajstić information content (AvgIpc) is 3.42. The molecule has 2 aromatic heterocycles. The smallest absolute Gasteiger partial charge is 0.220 e. The molecule has 47 heavy (non-hydrogen) atoms. The number of rotatable bonds is 10. The molecule has 1 amide bonds. The Bertz CT molecular complexity index is 1700. The molecule has 1 saturated heterocycles. The maximum atomic E-state index is 13.1. The van der Waals surface area contributed by atoms with Gasteiger partial charge in [0.25, 0.3) is 0 Å². The summed E-state index contributed by atoms with van der Waals surface area (Å²) < 4.78 is 2.02. The lowest BCUT2D eigenvalue weighted by Gasteiger charge is -2.54. The fourth-order valence-corrected chi connectivity index (χ4v) is 9.66. The van der Waals surface area contributed by atoms with Crippen LogP contribution in [0.4, 0.5) is 5.82 Å². The molecule has 3 heterocycles. The third-order valence-corrected chi connectivity index (χ3v) is 11.7. The predicted octanol–water partition coefficient (Wildman–Crippen LogP) is 5.61. The molecule has 246 valence electrons. The van der Waals surface area contributed by atoms with E-state index in [2.05, 4.69) is 76.6 Å². The van der Waals surface area contributed by atoms with Crippen LogP contribution in [-0.4, -0.2) is 76.4 Å². The molecule has 2 aromatic carbocycles. The van der Waals surface area contributed by atoms with Crippen molar-refractivity contribution in [3.8, 4) is 22.4 Å². The molecule has 1 aliphatic heterocycles. The Morgan fingerprint density at radius 3 is 2.34 bits per heavy atom. The van der Waals surface area contributed by atoms with E-state index in [9.17, 15) is 9.90 Å². The van der Waals surface area contributed by atoms with Crippen molar-refractivity contribution >= 4 is 17.4 Å². The van der Waals surface area contributed by atoms with Crippen LogP contribution in [0.25, 0.3) is 28.0 Å². The van der Waals surface area contributed by atoms with E-state index in [1.165, 1.54) is 37.7 Å². The normalized spacial score (nSPS) is 25.5. The number of aromatic nitrogens is 3. The van der Waals surface area contributed by atoms with Crippen molar-refractivity contribution in [2.75, 3.05) is 50.8 Å². The Balaban J connectivity index is 1.02. The predicted molar refractivity (Wildman–Crippen MR) is 186 cm³/mol. The molecule has 8 nitrogen and oxygen atoms in total. The van der Waals surface area contributed by atoms with E-state index in [0.717, 1.165) is 95.8 Å². The zero-order chi connectivity index (χ0) is 31.9. The second kappa shape index (κ2) is 13.0. The summed E-state index contributed by atoms with van der Waals surface area (Å²) in [5, 5.41) is 17.7. The highest BCUT2D eigenvalue weighted by atomic mass is 16.3. The summed E-state index contributed by atoms with van der Waals surface area (Å²) >= 11 is 0. The summed E-state index contributed by atoms with van der Waals surface area (Å²) in [6.07, 6.45) is 8.43. The number of hydrogen-bond acceptors (Lipinski definition) is 6. The van der Waals surface area contributed by atoms with Gasteiger partial charge in [0.2, 0.25) is 5.91 Å². The minimum absolute atomic E-state index is 0.185. The number of piperazine rings is 1. The van der Waals surface area contributed by atoms with E-state index in [0.29, 0.717) is 25.4 Å². The molecule has 2 N–H and O–H groups in total. The third kappa shape index (κ3) is 6.18. The molecule has 0 atom stereocenters. The molecule has 4 aliphatic carbocycles. The van der Waals surface area contributed by atoms with Gasteiger partial charge in [-0.1, -0.05) is 48.5 Å². The fourth-order valence-electron chi connectivity index (χ4n) is 9.66. The van der Waals surface area contributed by atoms with Crippen LogP contribution in [0.15, 0.2) is 60.7 Å². The van der Waals surface area contributed by atoms with Gasteiger partial charge in [0.15, 0.2) is 5.65 Å². The zero-order valence-electron chi connectivity index (χ0n) is 27.7. The number of amides is 1. The van der Waals surface area contributed by atoms with E-state index < -0.39 is 0 Å². The molecular formula is C39H48N6O2. The number of benzene rings is 2. The average molecular weight is 633 g/mol. The Kier molecular flexibility index (Phi) is 8.48. The van der Waals surface area contributed by atoms with E-state index in [4.69, 9.17) is 10.1 Å². The Morgan fingerprint density at radius 2 is 1.62 bits per heavy atom. The second-order valence-electron chi connectivity index (χ2n) is 14.7. The maximum Gasteiger partial charge on any atom is 0.220 e. The van der Waals surface area contributed by atoms with Gasteiger partial charge < -0.3 is 15.3 Å². The van der Waals surface area contributed by atoms with Crippen molar-refractivity contribution in [3.63, 3.8) is 0 Å². The summed E-state index contributed by atoms with van der Waals surface area (Å²) in [6.45, 7) is 7.14. The minimum Gasteiger partial charge on any atom is -0.395 e. The summed E-state index contributed by atoms with van der Waals surface area (Å²) in [5.41, 5.74) is 7.19. The maximum absolute atomic E-state index is 13.1. The van der Waals surface area contributed by atoms with Crippen LogP contribution in [0.1, 0.15) is 49.8 Å². The van der Waals surface area contributed by atoms with Gasteiger partial charge in [0.05, 0.1) is 18.0 Å². The van der Waals surface area contributed by atoms with Crippen LogP contribution >= 0.6 is 0 Å². The number of hydrogen-bond donors (Lipinski definition) is 2. The minimum atomic E-state index is 0.185. The summed E-state index contributed by atoms with van der Waals surface area (Å²) in [5.74, 6) is 5.35. The fraction of sp³-hybridized carbons (Fsp3) is 0.513. The van der Waals surface area contributed by atoms with Gasteiger partial charge in [0.1, 0.15) is 5.82 Å². The molecule has 5 fully saturated rings. The molecule has 4 aromatic rings. The number of fused-ring (bicyclic) bond motifs is 1. The standard InChI is InChI=1S/C39H48N6O2/c1-26-38(30-7-3-2-4-8-30)39-41-35(25-37(45(39)42-26)44-14-12-43(13-15-44)16-17-46)31-9-5-6-27(19-31)10-11-40-36(47)24-34-32-20-28-18-29(22-32)23-33(34)21-28/h2-9,19,25,28-29,32-34,46H,10-18,20-24H2,1H3,(H,40,47). The van der Waals surface area contributed by atoms with E-state index in [-0.39, 0.29) is 12.5 Å². The number of aryl methyl sites for hydroxylation is 1. The van der Waals surface area contributed by atoms with Crippen molar-refractivity contribution in [2.24, 2.45) is 29.6 Å². The molecule has 0 unspecified atom stereocenters. The first-order valence-corrected chi connectivity index (χ1v) is 17.9. The molecule has 0 radical (unpaired) electrons. The monoisotopic (exact) mass is 632 g/mol. The highest BCUT2D eigenvalue weighted by molar-refractivity contribution is 5.83. The van der Waals surface area contributed by atoms with Crippen molar-refractivity contribution < 1.29 is 9.90 Å². The van der Waals surface area contributed by atoms with Crippen LogP contribution in [0.5, 0.6) is 0 Å². The lowest BCUT2D eigenvalue weighted by atomic mass is 9.51. The number of β-amino-alcohol motifs (C(OH)–C–C–N with tert-alkyl or cyclic N) is 1. The first-order valence-electron chi connectivity index (χ1n) is 17.9. The molecule has 8 heteroatoms. The third-order valence-electron chi connectivity index (χ3n) is 11.7. The quantitative estimate of drug-likeness (QED) is 0.237. The number of nitrogens with zero attached hydrogens (tertiary/aromatic N) is 5. The number of nitrogens with one attached hydrogen (secondary N) is 1. The number of aliphatic hydroxyl groups is 1. The van der Waals surface area contributed by atoms with Gasteiger partial charge in [-0.3, -0.25) is 9.69 Å². The summed E-state index contributed by atoms with van der Waals surface area (Å²) in [6, 6.07) is 21.3. The van der Waals surface area contributed by atoms with Crippen molar-refractivity contribution in [1.82, 2.24) is 24.8 Å². The first-order chi connectivity index (χ1) is 23.0. The van der Waals surface area contributed by atoms with Gasteiger partial charge >= 0.3 is 0 Å². The number of anilines is 1. The van der Waals surface area contributed by atoms with Gasteiger partial charge in [-0.15, -0.1) is 0 Å². The van der Waals surface area contributed by atoms with Crippen LogP contribution < -0.4 is 10.2 Å². The largest absolute Gasteiger partial charge is 0.395 e. The van der Waals surface area contributed by atoms with Crippen LogP contribution in [0.2, 0.25) is 0 Å². The van der Waals surface area contributed by atoms with E-state index in [1.807, 2.05) is 10.6 Å². The number of carbonyl (C=O) groups excluding carboxylic acids is 1. The molecule has 9 rings (SSSR count). The van der Waals surface area contributed by atoms with Crippen LogP contribution in [0, 0.1) is 36.5 Å². The van der Waals surface area contributed by atoms with Crippen LogP contribution in [-0.2, 0) is 11.2 Å². The molecule has 4 bridgehead atoms. The van der Waals surface area contributed by atoms with Crippen molar-refractivity contribution in [2.45, 2.75) is 51.9 Å². The topological polar surface area (TPSA) is 86.0 Å².